The molecule has 5 rings (SSSR count). The topological polar surface area (TPSA) is 84.0 Å². The van der Waals surface area contributed by atoms with Crippen molar-refractivity contribution in [3.8, 4) is 0 Å². The van der Waals surface area contributed by atoms with Gasteiger partial charge < -0.3 is 24.6 Å². The summed E-state index contributed by atoms with van der Waals surface area (Å²) >= 11 is 0. The zero-order valence-corrected chi connectivity index (χ0v) is 16.4. The fraction of sp³-hybridized carbons (Fsp3) is 0.667. The lowest BCUT2D eigenvalue weighted by atomic mass is 9.91. The Balaban J connectivity index is 1.21. The molecule has 1 saturated carbocycles. The summed E-state index contributed by atoms with van der Waals surface area (Å²) in [5, 5.41) is 2.73. The van der Waals surface area contributed by atoms with Crippen LogP contribution in [0, 0.1) is 11.3 Å². The maximum absolute atomic E-state index is 12.7. The van der Waals surface area contributed by atoms with E-state index in [1.807, 2.05) is 6.07 Å². The average molecular weight is 405 g/mol. The number of hydrogen-bond donors (Lipinski definition) is 1. The van der Waals surface area contributed by atoms with Gasteiger partial charge in [0.25, 0.3) is 0 Å². The van der Waals surface area contributed by atoms with Gasteiger partial charge in [-0.15, -0.1) is 0 Å². The molecule has 3 atom stereocenters. The first kappa shape index (κ1) is 14.6. The predicted octanol–water partition coefficient (Wildman–Crippen LogP) is 2.13. The highest BCUT2D eigenvalue weighted by Crippen LogP contribution is 2.59. The molecule has 3 amide bonds. The predicted molar refractivity (Wildman–Crippen MR) is 104 cm³/mol. The Morgan fingerprint density at radius 1 is 1.38 bits per heavy atom. The number of nitrogens with zero attached hydrogens (tertiary/aromatic N) is 3. The van der Waals surface area contributed by atoms with E-state index in [1.165, 1.54) is 4.90 Å². The number of hydrogen-bond acceptors (Lipinski definition) is 5. The second-order valence-corrected chi connectivity index (χ2v) is 8.44. The van der Waals surface area contributed by atoms with Gasteiger partial charge in [0.05, 0.1) is 13.2 Å². The van der Waals surface area contributed by atoms with E-state index in [1.54, 1.807) is 24.2 Å². The number of piperidine rings is 1. The fourth-order valence-corrected chi connectivity index (χ4v) is 4.13. The molecule has 4 heterocycles. The summed E-state index contributed by atoms with van der Waals surface area (Å²) in [5.74, 6) is -1.64. The lowest BCUT2D eigenvalue weighted by Gasteiger charge is -2.40. The molecule has 2 saturated heterocycles. The molecule has 3 fully saturated rings. The molecule has 1 N–H and O–H groups in total. The summed E-state index contributed by atoms with van der Waals surface area (Å²) in [4.78, 5) is 32.3. The molecule has 156 valence electrons. The second-order valence-electron chi connectivity index (χ2n) is 8.44. The Morgan fingerprint density at radius 3 is 2.93 bits per heavy atom. The lowest BCUT2D eigenvalue weighted by molar-refractivity contribution is -0.172. The van der Waals surface area contributed by atoms with Crippen LogP contribution in [0.3, 0.4) is 0 Å². The molecule has 1 aromatic heterocycles. The van der Waals surface area contributed by atoms with Gasteiger partial charge in [0.1, 0.15) is 0 Å². The molecule has 1 aliphatic carbocycles. The molecular weight excluding hydrogens is 372 g/mol. The number of rotatable bonds is 3. The molecule has 1 aromatic rings. The molecule has 0 aromatic carbocycles. The van der Waals surface area contributed by atoms with Crippen LogP contribution in [0.2, 0.25) is 0 Å². The first-order valence-corrected chi connectivity index (χ1v) is 9.95. The average Bonchev–Trinajstić information content (AvgIpc) is 3.05. The van der Waals surface area contributed by atoms with Crippen LogP contribution in [0.25, 0.3) is 0 Å². The van der Waals surface area contributed by atoms with Crippen molar-refractivity contribution in [2.75, 3.05) is 32.8 Å². The standard InChI is InChI=1S/C21H28N4O4/c1-20(13-28-14-20)29-19(27)24-6-3-21(4-7-24)8-17(21)10-23-18(26)25-11-15-2-5-22-9-16(15)12-25/h2,5,9,17H,3-4,6-8,10-14H2,1H3,(H,23,26)/i3D,8D2,17D. The molecule has 4 aliphatic rings. The summed E-state index contributed by atoms with van der Waals surface area (Å²) in [5.41, 5.74) is 0.0732. The molecule has 3 unspecified atom stereocenters. The van der Waals surface area contributed by atoms with Gasteiger partial charge in [-0.2, -0.15) is 0 Å². The number of amides is 3. The van der Waals surface area contributed by atoms with Crippen molar-refractivity contribution in [1.82, 2.24) is 20.1 Å². The minimum atomic E-state index is -1.96. The minimum absolute atomic E-state index is 0.0156. The zero-order valence-electron chi connectivity index (χ0n) is 20.4. The third-order valence-corrected chi connectivity index (χ3v) is 6.12. The summed E-state index contributed by atoms with van der Waals surface area (Å²) in [6.07, 6.45) is 0.0679. The highest BCUT2D eigenvalue weighted by Gasteiger charge is 2.55. The van der Waals surface area contributed by atoms with Gasteiger partial charge in [-0.3, -0.25) is 4.98 Å². The molecule has 3 aliphatic heterocycles. The molecule has 29 heavy (non-hydrogen) atoms. The highest BCUT2D eigenvalue weighted by atomic mass is 16.6. The first-order valence-electron chi connectivity index (χ1n) is 12.0. The fourth-order valence-electron chi connectivity index (χ4n) is 4.13. The largest absolute Gasteiger partial charge is 0.438 e. The SMILES string of the molecule is [2H]C1CN(C(=O)OC2(C)COC2)CCC12C([2H])([2H])C2([2H])CNC(=O)N1Cc2ccncc2C1. The van der Waals surface area contributed by atoms with Gasteiger partial charge in [0, 0.05) is 50.6 Å². The van der Waals surface area contributed by atoms with E-state index in [9.17, 15) is 9.59 Å². The van der Waals surface area contributed by atoms with Gasteiger partial charge in [-0.05, 0) is 54.6 Å². The van der Waals surface area contributed by atoms with Gasteiger partial charge in [-0.1, -0.05) is 0 Å². The van der Waals surface area contributed by atoms with Gasteiger partial charge in [0.15, 0.2) is 5.60 Å². The number of ether oxygens (including phenoxy) is 2. The van der Waals surface area contributed by atoms with Gasteiger partial charge in [-0.25, -0.2) is 9.59 Å². The van der Waals surface area contributed by atoms with Crippen molar-refractivity contribution in [2.24, 2.45) is 11.3 Å². The molecule has 8 nitrogen and oxygen atoms in total. The number of fused-ring (bicyclic) bond motifs is 1. The van der Waals surface area contributed by atoms with Crippen LogP contribution >= 0.6 is 0 Å². The maximum atomic E-state index is 12.7. The smallest absolute Gasteiger partial charge is 0.410 e. The zero-order chi connectivity index (χ0) is 23.6. The second kappa shape index (κ2) is 6.86. The molecule has 8 heteroatoms. The van der Waals surface area contributed by atoms with Crippen molar-refractivity contribution < 1.29 is 24.5 Å². The summed E-state index contributed by atoms with van der Waals surface area (Å²) < 4.78 is 45.2. The Bertz CT molecular complexity index is 968. The van der Waals surface area contributed by atoms with Crippen LogP contribution < -0.4 is 5.32 Å². The normalized spacial score (nSPS) is 38.0. The minimum Gasteiger partial charge on any atom is -0.438 e. The van der Waals surface area contributed by atoms with Crippen LogP contribution in [0.5, 0.6) is 0 Å². The van der Waals surface area contributed by atoms with Crippen LogP contribution in [0.4, 0.5) is 9.59 Å². The summed E-state index contributed by atoms with van der Waals surface area (Å²) in [6, 6.07) is 1.50. The molecule has 1 spiro atoms. The number of carbonyl (C=O) groups is 2. The van der Waals surface area contributed by atoms with E-state index in [4.69, 9.17) is 15.0 Å². The number of pyridine rings is 1. The van der Waals surface area contributed by atoms with Gasteiger partial charge >= 0.3 is 12.1 Å². The number of urea groups is 1. The first-order chi connectivity index (χ1) is 15.5. The highest BCUT2D eigenvalue weighted by molar-refractivity contribution is 5.75. The van der Waals surface area contributed by atoms with E-state index < -0.39 is 35.8 Å². The number of carbonyl (C=O) groups excluding carboxylic acids is 2. The summed E-state index contributed by atoms with van der Waals surface area (Å²) in [7, 11) is 0. The number of nitrogens with one attached hydrogen (secondary N) is 1. The van der Waals surface area contributed by atoms with Gasteiger partial charge in [0.2, 0.25) is 0 Å². The van der Waals surface area contributed by atoms with E-state index >= 15 is 0 Å². The Kier molecular flexibility index (Phi) is 3.46. The Hall–Kier alpha value is -2.35. The van der Waals surface area contributed by atoms with Crippen LogP contribution in [-0.2, 0) is 22.6 Å². The van der Waals surface area contributed by atoms with Crippen molar-refractivity contribution in [3.05, 3.63) is 29.6 Å². The quantitative estimate of drug-likeness (QED) is 0.834. The van der Waals surface area contributed by atoms with Crippen molar-refractivity contribution in [1.29, 1.82) is 0 Å². The van der Waals surface area contributed by atoms with Crippen molar-refractivity contribution in [3.63, 3.8) is 0 Å². The van der Waals surface area contributed by atoms with E-state index in [0.29, 0.717) is 26.3 Å². The Morgan fingerprint density at radius 2 is 2.21 bits per heavy atom. The number of likely N-dealkylation sites (tertiary alicyclic amines) is 1. The third kappa shape index (κ3) is 3.54. The van der Waals surface area contributed by atoms with Crippen LogP contribution in [-0.4, -0.2) is 65.4 Å². The van der Waals surface area contributed by atoms with Crippen LogP contribution in [0.15, 0.2) is 18.5 Å². The molecule has 0 radical (unpaired) electrons. The molecular formula is C21H28N4O4. The monoisotopic (exact) mass is 404 g/mol. The lowest BCUT2D eigenvalue weighted by Crippen LogP contribution is -2.53. The van der Waals surface area contributed by atoms with E-state index in [0.717, 1.165) is 11.1 Å². The Labute approximate surface area is 176 Å². The van der Waals surface area contributed by atoms with E-state index in [-0.39, 0.29) is 32.1 Å². The summed E-state index contributed by atoms with van der Waals surface area (Å²) in [6.45, 7) is 3.29. The molecule has 0 bridgehead atoms. The van der Waals surface area contributed by atoms with Crippen molar-refractivity contribution >= 4 is 12.1 Å². The third-order valence-electron chi connectivity index (χ3n) is 6.12. The number of aromatic nitrogens is 1. The van der Waals surface area contributed by atoms with Crippen LogP contribution in [0.1, 0.15) is 42.7 Å². The maximum Gasteiger partial charge on any atom is 0.410 e. The van der Waals surface area contributed by atoms with Crippen molar-refractivity contribution in [2.45, 2.75) is 44.8 Å². The van der Waals surface area contributed by atoms with E-state index in [2.05, 4.69) is 10.3 Å².